The number of halogens is 1. The molecule has 2 rings (SSSR count). The van der Waals surface area contributed by atoms with Gasteiger partial charge in [0.05, 0.1) is 3.79 Å². The molecule has 1 saturated carbocycles. The Morgan fingerprint density at radius 3 is 2.75 bits per heavy atom. The van der Waals surface area contributed by atoms with Crippen LogP contribution in [0.25, 0.3) is 0 Å². The van der Waals surface area contributed by atoms with E-state index in [1.54, 1.807) is 11.3 Å². The summed E-state index contributed by atoms with van der Waals surface area (Å²) in [5.41, 5.74) is 1.41. The molecule has 0 saturated heterocycles. The summed E-state index contributed by atoms with van der Waals surface area (Å²) in [6.45, 7) is 1.02. The SMILES string of the molecule is CSC1CCC(NCc2csc(Br)c2)CC1. The van der Waals surface area contributed by atoms with Crippen LogP contribution in [0.1, 0.15) is 31.2 Å². The third kappa shape index (κ3) is 3.76. The van der Waals surface area contributed by atoms with Crippen molar-refractivity contribution in [2.45, 2.75) is 43.5 Å². The van der Waals surface area contributed by atoms with Gasteiger partial charge >= 0.3 is 0 Å². The van der Waals surface area contributed by atoms with E-state index in [0.717, 1.165) is 17.8 Å². The van der Waals surface area contributed by atoms with Crippen LogP contribution in [0.4, 0.5) is 0 Å². The van der Waals surface area contributed by atoms with Crippen LogP contribution in [0, 0.1) is 0 Å². The molecule has 1 aromatic heterocycles. The van der Waals surface area contributed by atoms with E-state index in [9.17, 15) is 0 Å². The monoisotopic (exact) mass is 319 g/mol. The van der Waals surface area contributed by atoms with E-state index in [-0.39, 0.29) is 0 Å². The predicted octanol–water partition coefficient (Wildman–Crippen LogP) is 4.27. The molecule has 90 valence electrons. The fourth-order valence-electron chi connectivity index (χ4n) is 2.20. The Kier molecular flexibility index (Phi) is 5.20. The highest BCUT2D eigenvalue weighted by Gasteiger charge is 2.19. The summed E-state index contributed by atoms with van der Waals surface area (Å²) in [5, 5.41) is 6.81. The first kappa shape index (κ1) is 12.9. The second-order valence-corrected chi connectivity index (χ2v) is 7.78. The number of thiophene rings is 1. The van der Waals surface area contributed by atoms with Gasteiger partial charge in [-0.2, -0.15) is 11.8 Å². The minimum atomic E-state index is 0.738. The lowest BCUT2D eigenvalue weighted by atomic mass is 9.95. The highest BCUT2D eigenvalue weighted by Crippen LogP contribution is 2.27. The standard InChI is InChI=1S/C12H18BrNS2/c1-15-11-4-2-10(3-5-11)14-7-9-6-12(13)16-8-9/h6,8,10-11,14H,2-5,7H2,1H3. The second kappa shape index (κ2) is 6.43. The Morgan fingerprint density at radius 1 is 1.44 bits per heavy atom. The molecule has 1 aliphatic rings. The van der Waals surface area contributed by atoms with Gasteiger partial charge in [0, 0.05) is 17.8 Å². The van der Waals surface area contributed by atoms with Crippen molar-refractivity contribution in [3.05, 3.63) is 20.8 Å². The molecule has 16 heavy (non-hydrogen) atoms. The van der Waals surface area contributed by atoms with Crippen LogP contribution in [-0.2, 0) is 6.54 Å². The zero-order valence-corrected chi connectivity index (χ0v) is 12.8. The molecule has 0 atom stereocenters. The van der Waals surface area contributed by atoms with Crippen LogP contribution in [0.15, 0.2) is 15.2 Å². The summed E-state index contributed by atoms with van der Waals surface area (Å²) in [6, 6.07) is 2.95. The van der Waals surface area contributed by atoms with Gasteiger partial charge in [-0.1, -0.05) is 0 Å². The number of thioether (sulfide) groups is 1. The van der Waals surface area contributed by atoms with Gasteiger partial charge in [0.2, 0.25) is 0 Å². The third-order valence-electron chi connectivity index (χ3n) is 3.22. The summed E-state index contributed by atoms with van der Waals surface area (Å²) in [7, 11) is 0. The van der Waals surface area contributed by atoms with E-state index in [1.165, 1.54) is 35.0 Å². The average Bonchev–Trinajstić information content (AvgIpc) is 2.73. The molecule has 1 N–H and O–H groups in total. The lowest BCUT2D eigenvalue weighted by Crippen LogP contribution is -2.33. The maximum Gasteiger partial charge on any atom is 0.0701 e. The molecule has 0 amide bonds. The van der Waals surface area contributed by atoms with Crippen molar-refractivity contribution in [3.8, 4) is 0 Å². The van der Waals surface area contributed by atoms with Crippen LogP contribution < -0.4 is 5.32 Å². The van der Waals surface area contributed by atoms with Crippen LogP contribution in [0.2, 0.25) is 0 Å². The molecule has 1 aromatic rings. The molecule has 0 radical (unpaired) electrons. The number of hydrogen-bond donors (Lipinski definition) is 1. The van der Waals surface area contributed by atoms with Gasteiger partial charge in [-0.15, -0.1) is 11.3 Å². The molecular weight excluding hydrogens is 302 g/mol. The van der Waals surface area contributed by atoms with E-state index >= 15 is 0 Å². The molecule has 1 fully saturated rings. The van der Waals surface area contributed by atoms with Gasteiger partial charge in [-0.3, -0.25) is 0 Å². The van der Waals surface area contributed by atoms with Gasteiger partial charge < -0.3 is 5.32 Å². The highest BCUT2D eigenvalue weighted by molar-refractivity contribution is 9.11. The van der Waals surface area contributed by atoms with Gasteiger partial charge in [-0.05, 0) is 64.9 Å². The zero-order valence-electron chi connectivity index (χ0n) is 9.54. The van der Waals surface area contributed by atoms with Crippen molar-refractivity contribution >= 4 is 39.0 Å². The Morgan fingerprint density at radius 2 is 2.19 bits per heavy atom. The molecular formula is C12H18BrNS2. The van der Waals surface area contributed by atoms with Crippen molar-refractivity contribution in [1.82, 2.24) is 5.32 Å². The van der Waals surface area contributed by atoms with E-state index < -0.39 is 0 Å². The first-order valence-corrected chi connectivity index (χ1v) is 8.73. The summed E-state index contributed by atoms with van der Waals surface area (Å²) in [4.78, 5) is 0. The maximum atomic E-state index is 3.67. The Labute approximate surface area is 115 Å². The predicted molar refractivity (Wildman–Crippen MR) is 78.4 cm³/mol. The molecule has 4 heteroatoms. The van der Waals surface area contributed by atoms with Crippen LogP contribution >= 0.6 is 39.0 Å². The van der Waals surface area contributed by atoms with E-state index in [1.807, 2.05) is 11.8 Å². The molecule has 0 bridgehead atoms. The maximum absolute atomic E-state index is 3.67. The van der Waals surface area contributed by atoms with Crippen molar-refractivity contribution in [2.75, 3.05) is 6.26 Å². The summed E-state index contributed by atoms with van der Waals surface area (Å²) < 4.78 is 1.23. The molecule has 0 spiro atoms. The second-order valence-electron chi connectivity index (χ2n) is 4.35. The lowest BCUT2D eigenvalue weighted by Gasteiger charge is -2.28. The van der Waals surface area contributed by atoms with E-state index in [2.05, 4.69) is 38.9 Å². The largest absolute Gasteiger partial charge is 0.310 e. The average molecular weight is 320 g/mol. The lowest BCUT2D eigenvalue weighted by molar-refractivity contribution is 0.379. The first-order valence-electron chi connectivity index (χ1n) is 5.77. The fraction of sp³-hybridized carbons (Fsp3) is 0.667. The van der Waals surface area contributed by atoms with Gasteiger partial charge in [0.15, 0.2) is 0 Å². The summed E-state index contributed by atoms with van der Waals surface area (Å²) >= 11 is 7.30. The van der Waals surface area contributed by atoms with Crippen LogP contribution in [0.3, 0.4) is 0 Å². The normalized spacial score (nSPS) is 25.9. The molecule has 1 nitrogen and oxygen atoms in total. The van der Waals surface area contributed by atoms with E-state index in [4.69, 9.17) is 0 Å². The molecule has 0 aliphatic heterocycles. The Bertz CT molecular complexity index is 319. The van der Waals surface area contributed by atoms with Gasteiger partial charge in [0.25, 0.3) is 0 Å². The summed E-state index contributed by atoms with van der Waals surface area (Å²) in [5.74, 6) is 0. The molecule has 0 unspecified atom stereocenters. The van der Waals surface area contributed by atoms with Gasteiger partial charge in [-0.25, -0.2) is 0 Å². The topological polar surface area (TPSA) is 12.0 Å². The third-order valence-corrected chi connectivity index (χ3v) is 5.92. The quantitative estimate of drug-likeness (QED) is 0.889. The number of hydrogen-bond acceptors (Lipinski definition) is 3. The van der Waals surface area contributed by atoms with E-state index in [0.29, 0.717) is 0 Å². The van der Waals surface area contributed by atoms with Crippen molar-refractivity contribution in [2.24, 2.45) is 0 Å². The summed E-state index contributed by atoms with van der Waals surface area (Å²) in [6.07, 6.45) is 7.69. The molecule has 1 heterocycles. The zero-order chi connectivity index (χ0) is 11.4. The van der Waals surface area contributed by atoms with Crippen molar-refractivity contribution in [3.63, 3.8) is 0 Å². The number of nitrogens with one attached hydrogen (secondary N) is 1. The first-order chi connectivity index (χ1) is 7.78. The fourth-order valence-corrected chi connectivity index (χ4v) is 4.16. The number of rotatable bonds is 4. The van der Waals surface area contributed by atoms with Crippen molar-refractivity contribution < 1.29 is 0 Å². The highest BCUT2D eigenvalue weighted by atomic mass is 79.9. The minimum absolute atomic E-state index is 0.738. The minimum Gasteiger partial charge on any atom is -0.310 e. The van der Waals surface area contributed by atoms with Crippen LogP contribution in [0.5, 0.6) is 0 Å². The molecule has 1 aliphatic carbocycles. The Balaban J connectivity index is 1.71. The molecule has 0 aromatic carbocycles. The Hall–Kier alpha value is 0.490. The smallest absolute Gasteiger partial charge is 0.0701 e. The van der Waals surface area contributed by atoms with Crippen molar-refractivity contribution in [1.29, 1.82) is 0 Å². The van der Waals surface area contributed by atoms with Gasteiger partial charge in [0.1, 0.15) is 0 Å². The van der Waals surface area contributed by atoms with Crippen LogP contribution in [-0.4, -0.2) is 17.5 Å².